The molecule has 218 valence electrons. The Bertz CT molecular complexity index is 1130. The maximum absolute atomic E-state index is 14.3. The molecule has 0 saturated carbocycles. The van der Waals surface area contributed by atoms with Gasteiger partial charge in [0.25, 0.3) is 0 Å². The van der Waals surface area contributed by atoms with Gasteiger partial charge in [0.15, 0.2) is 0 Å². The van der Waals surface area contributed by atoms with E-state index >= 15 is 0 Å². The van der Waals surface area contributed by atoms with E-state index in [0.29, 0.717) is 43.9 Å². The second kappa shape index (κ2) is 11.7. The number of carbonyl (C=O) groups is 3. The molecule has 40 heavy (non-hydrogen) atoms. The summed E-state index contributed by atoms with van der Waals surface area (Å²) in [4.78, 5) is 47.6. The van der Waals surface area contributed by atoms with Gasteiger partial charge in [0.1, 0.15) is 17.4 Å². The Morgan fingerprint density at radius 2 is 1.85 bits per heavy atom. The monoisotopic (exact) mass is 553 g/mol. The van der Waals surface area contributed by atoms with E-state index in [1.54, 1.807) is 26.9 Å². The lowest BCUT2D eigenvalue weighted by molar-refractivity contribution is -0.151. The van der Waals surface area contributed by atoms with Crippen LogP contribution in [0.3, 0.4) is 0 Å². The molecule has 1 N–H and O–H groups in total. The van der Waals surface area contributed by atoms with E-state index in [9.17, 15) is 19.5 Å². The number of carbonyl (C=O) groups excluding carboxylic acids is 3. The predicted octanol–water partition coefficient (Wildman–Crippen LogP) is 3.17. The molecule has 2 bridgehead atoms. The molecule has 1 aromatic carbocycles. The molecule has 2 unspecified atom stereocenters. The third-order valence-corrected chi connectivity index (χ3v) is 8.30. The predicted molar refractivity (Wildman–Crippen MR) is 153 cm³/mol. The average Bonchev–Trinajstić information content (AvgIpc) is 3.56. The van der Waals surface area contributed by atoms with Crippen LogP contribution in [0.1, 0.15) is 47.0 Å². The van der Waals surface area contributed by atoms with E-state index in [1.165, 1.54) is 0 Å². The maximum atomic E-state index is 14.3. The standard InChI is InChI=1S/C31H43N3O6/c1-7-17-32(21-11-13-22(14-12-21)39-9-3)27(36)24-23-15-16-31(40-23)25(24)28(37)33(19-10-20-35)26(31)29(38)34(18-8-2)30(4,5)6/h7-8,11-14,23-26,35H,1-2,9-10,15-20H2,3-6H3/t23-,24+,25-,26?,31?/m0/s1. The highest BCUT2D eigenvalue weighted by Crippen LogP contribution is 2.59. The summed E-state index contributed by atoms with van der Waals surface area (Å²) in [6, 6.07) is 6.39. The topological polar surface area (TPSA) is 99.6 Å². The first-order valence-electron chi connectivity index (χ1n) is 14.2. The van der Waals surface area contributed by atoms with Gasteiger partial charge in [-0.1, -0.05) is 12.2 Å². The van der Waals surface area contributed by atoms with Crippen LogP contribution in [0.4, 0.5) is 5.69 Å². The molecule has 3 aliphatic rings. The summed E-state index contributed by atoms with van der Waals surface area (Å²) in [5, 5.41) is 9.59. The van der Waals surface area contributed by atoms with Gasteiger partial charge in [-0.3, -0.25) is 14.4 Å². The van der Waals surface area contributed by atoms with E-state index in [4.69, 9.17) is 9.47 Å². The molecule has 1 aromatic rings. The normalized spacial score (nSPS) is 26.9. The molecule has 0 radical (unpaired) electrons. The summed E-state index contributed by atoms with van der Waals surface area (Å²) in [6.45, 7) is 16.6. The zero-order valence-electron chi connectivity index (χ0n) is 24.2. The van der Waals surface area contributed by atoms with Gasteiger partial charge >= 0.3 is 0 Å². The Morgan fingerprint density at radius 1 is 1.18 bits per heavy atom. The summed E-state index contributed by atoms with van der Waals surface area (Å²) in [7, 11) is 0. The van der Waals surface area contributed by atoms with Crippen LogP contribution in [0.25, 0.3) is 0 Å². The lowest BCUT2D eigenvalue weighted by atomic mass is 9.70. The van der Waals surface area contributed by atoms with Gasteiger partial charge in [0.2, 0.25) is 17.7 Å². The first kappa shape index (κ1) is 29.8. The Kier molecular flexibility index (Phi) is 8.75. The molecule has 3 saturated heterocycles. The van der Waals surface area contributed by atoms with Crippen molar-refractivity contribution < 1.29 is 29.0 Å². The molecular weight excluding hydrogens is 510 g/mol. The van der Waals surface area contributed by atoms with Crippen LogP contribution < -0.4 is 9.64 Å². The number of hydrogen-bond acceptors (Lipinski definition) is 6. The number of aliphatic hydroxyl groups excluding tert-OH is 1. The van der Waals surface area contributed by atoms with Gasteiger partial charge in [-0.2, -0.15) is 0 Å². The van der Waals surface area contributed by atoms with Gasteiger partial charge in [-0.25, -0.2) is 0 Å². The van der Waals surface area contributed by atoms with Crippen LogP contribution in [0.2, 0.25) is 0 Å². The van der Waals surface area contributed by atoms with Crippen LogP contribution in [0.15, 0.2) is 49.6 Å². The van der Waals surface area contributed by atoms with Gasteiger partial charge in [0.05, 0.1) is 24.5 Å². The van der Waals surface area contributed by atoms with Gasteiger partial charge in [0, 0.05) is 37.5 Å². The molecule has 3 aliphatic heterocycles. The Hall–Kier alpha value is -3.17. The zero-order chi connectivity index (χ0) is 29.2. The van der Waals surface area contributed by atoms with E-state index in [1.807, 2.05) is 52.0 Å². The van der Waals surface area contributed by atoms with Crippen LogP contribution in [0, 0.1) is 11.8 Å². The number of ether oxygens (including phenoxy) is 2. The minimum atomic E-state index is -1.10. The molecule has 3 amide bonds. The van der Waals surface area contributed by atoms with Crippen molar-refractivity contribution in [2.45, 2.75) is 70.2 Å². The fourth-order valence-corrected chi connectivity index (χ4v) is 6.69. The lowest BCUT2D eigenvalue weighted by Gasteiger charge is -2.42. The number of aliphatic hydroxyl groups is 1. The highest BCUT2D eigenvalue weighted by Gasteiger charge is 2.75. The molecule has 9 heteroatoms. The van der Waals surface area contributed by atoms with Gasteiger partial charge in [-0.05, 0) is 71.2 Å². The first-order valence-corrected chi connectivity index (χ1v) is 14.2. The third kappa shape index (κ3) is 5.05. The van der Waals surface area contributed by atoms with Crippen LogP contribution >= 0.6 is 0 Å². The minimum absolute atomic E-state index is 0.116. The summed E-state index contributed by atoms with van der Waals surface area (Å²) in [5.74, 6) is -1.51. The molecule has 3 heterocycles. The molecule has 3 fully saturated rings. The third-order valence-electron chi connectivity index (χ3n) is 8.30. The second-order valence-electron chi connectivity index (χ2n) is 11.7. The average molecular weight is 554 g/mol. The lowest BCUT2D eigenvalue weighted by Crippen LogP contribution is -2.60. The fourth-order valence-electron chi connectivity index (χ4n) is 6.69. The van der Waals surface area contributed by atoms with Crippen LogP contribution in [0.5, 0.6) is 5.75 Å². The summed E-state index contributed by atoms with van der Waals surface area (Å²) >= 11 is 0. The highest BCUT2D eigenvalue weighted by atomic mass is 16.5. The summed E-state index contributed by atoms with van der Waals surface area (Å²) < 4.78 is 12.2. The van der Waals surface area contributed by atoms with Gasteiger partial charge in [-0.15, -0.1) is 13.2 Å². The van der Waals surface area contributed by atoms with E-state index < -0.39 is 35.1 Å². The number of nitrogens with zero attached hydrogens (tertiary/aromatic N) is 3. The molecule has 1 spiro atoms. The minimum Gasteiger partial charge on any atom is -0.494 e. The molecule has 5 atom stereocenters. The van der Waals surface area contributed by atoms with Crippen molar-refractivity contribution in [2.24, 2.45) is 11.8 Å². The SMILES string of the molecule is C=CCN(C(=O)[C@@H]1[C@@H]2CCC3(O2)C(C(=O)N(CC=C)C(C)(C)C)N(CCCO)C(=O)[C@H]13)c1ccc(OCC)cc1. The number of amides is 3. The van der Waals surface area contributed by atoms with E-state index in [0.717, 1.165) is 0 Å². The molecular formula is C31H43N3O6. The Balaban J connectivity index is 1.73. The molecule has 4 rings (SSSR count). The Morgan fingerprint density at radius 3 is 2.42 bits per heavy atom. The van der Waals surface area contributed by atoms with Gasteiger partial charge < -0.3 is 29.3 Å². The second-order valence-corrected chi connectivity index (χ2v) is 11.7. The number of fused-ring (bicyclic) bond motifs is 1. The smallest absolute Gasteiger partial charge is 0.249 e. The van der Waals surface area contributed by atoms with Crippen molar-refractivity contribution in [1.29, 1.82) is 0 Å². The number of hydrogen-bond donors (Lipinski definition) is 1. The largest absolute Gasteiger partial charge is 0.494 e. The number of benzene rings is 1. The van der Waals surface area contributed by atoms with Crippen LogP contribution in [-0.2, 0) is 19.1 Å². The van der Waals surface area contributed by atoms with Crippen molar-refractivity contribution in [3.63, 3.8) is 0 Å². The quantitative estimate of drug-likeness (QED) is 0.399. The number of anilines is 1. The molecule has 9 nitrogen and oxygen atoms in total. The van der Waals surface area contributed by atoms with Crippen LogP contribution in [-0.4, -0.2) is 88.8 Å². The summed E-state index contributed by atoms with van der Waals surface area (Å²) in [5.41, 5.74) is -0.950. The Labute approximate surface area is 237 Å². The van der Waals surface area contributed by atoms with Crippen molar-refractivity contribution in [3.05, 3.63) is 49.6 Å². The zero-order valence-corrected chi connectivity index (χ0v) is 24.2. The first-order chi connectivity index (χ1) is 19.0. The number of likely N-dealkylation sites (tertiary alicyclic amines) is 1. The molecule has 0 aliphatic carbocycles. The highest BCUT2D eigenvalue weighted by molar-refractivity contribution is 6.03. The van der Waals surface area contributed by atoms with E-state index in [-0.39, 0.29) is 37.4 Å². The maximum Gasteiger partial charge on any atom is 0.249 e. The van der Waals surface area contributed by atoms with Crippen molar-refractivity contribution in [1.82, 2.24) is 9.80 Å². The molecule has 0 aromatic heterocycles. The van der Waals surface area contributed by atoms with Crippen molar-refractivity contribution in [3.8, 4) is 5.75 Å². The number of rotatable bonds is 12. The van der Waals surface area contributed by atoms with Crippen molar-refractivity contribution >= 4 is 23.4 Å². The summed E-state index contributed by atoms with van der Waals surface area (Å²) in [6.07, 6.45) is 4.29. The fraction of sp³-hybridized carbons (Fsp3) is 0.581. The van der Waals surface area contributed by atoms with Crippen molar-refractivity contribution in [2.75, 3.05) is 37.7 Å². The van der Waals surface area contributed by atoms with E-state index in [2.05, 4.69) is 13.2 Å².